The average molecular weight is 423 g/mol. The van der Waals surface area contributed by atoms with Gasteiger partial charge in [-0.1, -0.05) is 0 Å². The number of ether oxygens (including phenoxy) is 3. The number of ketones is 1. The highest BCUT2D eigenvalue weighted by atomic mass is 32.2. The van der Waals surface area contributed by atoms with E-state index in [0.29, 0.717) is 0 Å². The van der Waals surface area contributed by atoms with Crippen LogP contribution in [0, 0.1) is 0 Å². The molecule has 1 rings (SSSR count). The van der Waals surface area contributed by atoms with Gasteiger partial charge in [0.1, 0.15) is 17.9 Å². The van der Waals surface area contributed by atoms with Crippen LogP contribution in [0.25, 0.3) is 0 Å². The third-order valence-electron chi connectivity index (χ3n) is 4.02. The summed E-state index contributed by atoms with van der Waals surface area (Å²) >= 11 is 0. The second-order valence-corrected chi connectivity index (χ2v) is 9.72. The average Bonchev–Trinajstić information content (AvgIpc) is 2.79. The van der Waals surface area contributed by atoms with Crippen molar-refractivity contribution in [3.63, 3.8) is 0 Å². The fourth-order valence-corrected chi connectivity index (χ4v) is 3.21. The van der Waals surface area contributed by atoms with Crippen LogP contribution in [0.15, 0.2) is 0 Å². The second-order valence-electron chi connectivity index (χ2n) is 8.08. The minimum Gasteiger partial charge on any atom is -0.467 e. The van der Waals surface area contributed by atoms with E-state index in [1.54, 1.807) is 34.6 Å². The summed E-state index contributed by atoms with van der Waals surface area (Å²) in [4.78, 5) is 38.7. The van der Waals surface area contributed by atoms with E-state index in [9.17, 15) is 22.8 Å². The van der Waals surface area contributed by atoms with Crippen molar-refractivity contribution in [2.75, 3.05) is 26.6 Å². The number of methoxy groups -OCH3 is 1. The maximum absolute atomic E-state index is 12.8. The maximum atomic E-state index is 12.8. The van der Waals surface area contributed by atoms with Crippen LogP contribution in [-0.2, 0) is 38.1 Å². The molecular formula is C17H29NO9S. The zero-order valence-electron chi connectivity index (χ0n) is 17.4. The molecule has 0 aromatic rings. The predicted octanol–water partition coefficient (Wildman–Crippen LogP) is 1.23. The van der Waals surface area contributed by atoms with Gasteiger partial charge in [-0.25, -0.2) is 9.59 Å². The number of hydrogen-bond donors (Lipinski definition) is 0. The largest absolute Gasteiger partial charge is 0.467 e. The lowest BCUT2D eigenvalue weighted by molar-refractivity contribution is -0.155. The molecule has 1 aliphatic rings. The summed E-state index contributed by atoms with van der Waals surface area (Å²) in [6.45, 7) is 7.37. The summed E-state index contributed by atoms with van der Waals surface area (Å²) in [6.07, 6.45) is -0.342. The molecule has 0 spiro atoms. The Morgan fingerprint density at radius 3 is 2.21 bits per heavy atom. The molecule has 1 fully saturated rings. The molecule has 28 heavy (non-hydrogen) atoms. The molecule has 162 valence electrons. The molecule has 1 atom stereocenters. The van der Waals surface area contributed by atoms with Gasteiger partial charge in [-0.3, -0.25) is 13.9 Å². The van der Waals surface area contributed by atoms with Gasteiger partial charge in [0.2, 0.25) is 0 Å². The van der Waals surface area contributed by atoms with Crippen molar-refractivity contribution in [2.45, 2.75) is 64.3 Å². The highest BCUT2D eigenvalue weighted by molar-refractivity contribution is 7.86. The number of rotatable bonds is 7. The first kappa shape index (κ1) is 24.3. The zero-order chi connectivity index (χ0) is 22.0. The second kappa shape index (κ2) is 8.34. The van der Waals surface area contributed by atoms with Crippen molar-refractivity contribution in [2.24, 2.45) is 0 Å². The van der Waals surface area contributed by atoms with E-state index in [2.05, 4.69) is 4.18 Å². The first-order chi connectivity index (χ1) is 12.5. The lowest BCUT2D eigenvalue weighted by Gasteiger charge is -2.40. The molecule has 0 aliphatic carbocycles. The van der Waals surface area contributed by atoms with Crippen LogP contribution in [0.5, 0.6) is 0 Å². The molecule has 10 nitrogen and oxygen atoms in total. The summed E-state index contributed by atoms with van der Waals surface area (Å²) in [5, 5.41) is 0. The van der Waals surface area contributed by atoms with Crippen molar-refractivity contribution in [3.8, 4) is 0 Å². The number of carbonyl (C=O) groups excluding carboxylic acids is 3. The molecule has 0 N–H and O–H groups in total. The van der Waals surface area contributed by atoms with Crippen LogP contribution in [0.4, 0.5) is 4.79 Å². The molecular weight excluding hydrogens is 394 g/mol. The highest BCUT2D eigenvalue weighted by Crippen LogP contribution is 2.40. The van der Waals surface area contributed by atoms with E-state index in [1.807, 2.05) is 0 Å². The molecule has 1 amide bonds. The van der Waals surface area contributed by atoms with Crippen LogP contribution in [-0.4, -0.2) is 74.6 Å². The third-order valence-corrected chi connectivity index (χ3v) is 4.57. The van der Waals surface area contributed by atoms with E-state index in [4.69, 9.17) is 14.2 Å². The van der Waals surface area contributed by atoms with Gasteiger partial charge in [-0.05, 0) is 41.0 Å². The number of carbonyl (C=O) groups is 3. The number of Topliss-reactive ketones (excluding diaryl/α,β-unsaturated/α-hetero) is 1. The SMILES string of the molecule is COC(=O)[C@@]1(CCC(=O)COS(C)(=O)=O)COC(C)(C)N1C(=O)OC(C)(C)C. The Bertz CT molecular complexity index is 723. The Morgan fingerprint density at radius 1 is 1.18 bits per heavy atom. The van der Waals surface area contributed by atoms with E-state index >= 15 is 0 Å². The first-order valence-corrected chi connectivity index (χ1v) is 10.5. The Balaban J connectivity index is 3.13. The van der Waals surface area contributed by atoms with Gasteiger partial charge in [-0.15, -0.1) is 0 Å². The van der Waals surface area contributed by atoms with Gasteiger partial charge >= 0.3 is 12.1 Å². The van der Waals surface area contributed by atoms with Crippen molar-refractivity contribution >= 4 is 28.0 Å². The lowest BCUT2D eigenvalue weighted by atomic mass is 9.91. The molecule has 1 heterocycles. The van der Waals surface area contributed by atoms with Gasteiger partial charge in [0.05, 0.1) is 20.0 Å². The van der Waals surface area contributed by atoms with Crippen molar-refractivity contribution in [1.82, 2.24) is 4.90 Å². The first-order valence-electron chi connectivity index (χ1n) is 8.66. The summed E-state index contributed by atoms with van der Waals surface area (Å²) in [5.74, 6) is -1.32. The molecule has 1 saturated heterocycles. The number of amides is 1. The number of hydrogen-bond acceptors (Lipinski definition) is 9. The van der Waals surface area contributed by atoms with E-state index in [0.717, 1.165) is 18.3 Å². The van der Waals surface area contributed by atoms with Gasteiger partial charge in [0, 0.05) is 6.42 Å². The Kier molecular flexibility index (Phi) is 7.24. The zero-order valence-corrected chi connectivity index (χ0v) is 18.2. The van der Waals surface area contributed by atoms with Crippen molar-refractivity contribution in [3.05, 3.63) is 0 Å². The van der Waals surface area contributed by atoms with E-state index < -0.39 is 51.4 Å². The number of nitrogens with zero attached hydrogens (tertiary/aromatic N) is 1. The summed E-state index contributed by atoms with van der Waals surface area (Å²) in [6, 6.07) is 0. The monoisotopic (exact) mass is 423 g/mol. The normalized spacial score (nSPS) is 22.0. The summed E-state index contributed by atoms with van der Waals surface area (Å²) in [7, 11) is -2.61. The van der Waals surface area contributed by atoms with Gasteiger partial charge in [-0.2, -0.15) is 8.42 Å². The van der Waals surface area contributed by atoms with Gasteiger partial charge < -0.3 is 14.2 Å². The molecule has 0 radical (unpaired) electrons. The summed E-state index contributed by atoms with van der Waals surface area (Å²) in [5.41, 5.74) is -3.61. The van der Waals surface area contributed by atoms with Crippen molar-refractivity contribution in [1.29, 1.82) is 0 Å². The topological polar surface area (TPSA) is 126 Å². The quantitative estimate of drug-likeness (QED) is 0.439. The molecule has 1 aliphatic heterocycles. The molecule has 0 aromatic heterocycles. The number of esters is 1. The fourth-order valence-electron chi connectivity index (χ4n) is 2.86. The molecule has 11 heteroatoms. The molecule has 0 saturated carbocycles. The fraction of sp³-hybridized carbons (Fsp3) is 0.824. The highest BCUT2D eigenvalue weighted by Gasteiger charge is 2.60. The Labute approximate surface area is 165 Å². The van der Waals surface area contributed by atoms with Crippen LogP contribution >= 0.6 is 0 Å². The van der Waals surface area contributed by atoms with Crippen LogP contribution in [0.1, 0.15) is 47.5 Å². The van der Waals surface area contributed by atoms with Crippen LogP contribution in [0.2, 0.25) is 0 Å². The van der Waals surface area contributed by atoms with E-state index in [1.165, 1.54) is 0 Å². The third kappa shape index (κ3) is 6.14. The minimum atomic E-state index is -3.78. The predicted molar refractivity (Wildman–Crippen MR) is 97.9 cm³/mol. The Morgan fingerprint density at radius 2 is 1.75 bits per heavy atom. The lowest BCUT2D eigenvalue weighted by Crippen LogP contribution is -2.61. The van der Waals surface area contributed by atoms with E-state index in [-0.39, 0.29) is 19.4 Å². The van der Waals surface area contributed by atoms with Crippen LogP contribution < -0.4 is 0 Å². The summed E-state index contributed by atoms with van der Waals surface area (Å²) < 4.78 is 42.5. The maximum Gasteiger partial charge on any atom is 0.413 e. The van der Waals surface area contributed by atoms with Crippen LogP contribution in [0.3, 0.4) is 0 Å². The molecule has 0 unspecified atom stereocenters. The van der Waals surface area contributed by atoms with Gasteiger partial charge in [0.15, 0.2) is 11.3 Å². The Hall–Kier alpha value is -1.72. The van der Waals surface area contributed by atoms with Gasteiger partial charge in [0.25, 0.3) is 10.1 Å². The minimum absolute atomic E-state index is 0.145. The smallest absolute Gasteiger partial charge is 0.413 e. The van der Waals surface area contributed by atoms with Crippen molar-refractivity contribution < 1.29 is 41.2 Å². The molecule has 0 bridgehead atoms. The standard InChI is InChI=1S/C17H29NO9S/c1-15(2,3)27-14(21)18-16(4,5)25-11-17(18,13(20)24-6)9-8-12(19)10-26-28(7,22)23/h8-11H2,1-7H3/t17-/m1/s1. The molecule has 0 aromatic carbocycles.